The topological polar surface area (TPSA) is 91.7 Å². The zero-order chi connectivity index (χ0) is 20.2. The standard InChI is InChI=1S/C21H32O5/c1-12(2)7-9-15-19(24)18(16(22)11-14(5)6)20(25)21(15,26)17(23)10-8-13(3)4/h7-8,14-15,17-18,23,26H,9-11H2,1-6H3/t15?,17-,18?,21-/m0/s1. The normalized spacial score (nSPS) is 26.8. The van der Waals surface area contributed by atoms with Crippen LogP contribution >= 0.6 is 0 Å². The predicted molar refractivity (Wildman–Crippen MR) is 101 cm³/mol. The van der Waals surface area contributed by atoms with E-state index in [1.807, 2.05) is 41.5 Å². The van der Waals surface area contributed by atoms with Crippen LogP contribution in [0.3, 0.4) is 0 Å². The third-order valence-corrected chi connectivity index (χ3v) is 4.77. The van der Waals surface area contributed by atoms with Gasteiger partial charge < -0.3 is 10.2 Å². The van der Waals surface area contributed by atoms with Crippen LogP contribution in [0, 0.1) is 17.8 Å². The number of rotatable bonds is 8. The summed E-state index contributed by atoms with van der Waals surface area (Å²) in [5.74, 6) is -4.47. The Bertz CT molecular complexity index is 620. The van der Waals surface area contributed by atoms with Crippen molar-refractivity contribution in [1.82, 2.24) is 0 Å². The molecule has 2 unspecified atom stereocenters. The van der Waals surface area contributed by atoms with Crippen LogP contribution in [0.25, 0.3) is 0 Å². The SMILES string of the molecule is CC(C)=CCC1C(=O)C(C(=O)CC(C)C)C(=O)[C@@]1(O)[C@@H](O)CC=C(C)C. The number of carbonyl (C=O) groups is 3. The number of hydrogen-bond acceptors (Lipinski definition) is 5. The minimum absolute atomic E-state index is 0.00335. The van der Waals surface area contributed by atoms with Gasteiger partial charge in [-0.2, -0.15) is 0 Å². The van der Waals surface area contributed by atoms with E-state index in [2.05, 4.69) is 0 Å². The van der Waals surface area contributed by atoms with E-state index in [0.717, 1.165) is 11.1 Å². The van der Waals surface area contributed by atoms with Gasteiger partial charge in [0.2, 0.25) is 0 Å². The number of ketones is 3. The minimum Gasteiger partial charge on any atom is -0.389 e. The maximum absolute atomic E-state index is 12.9. The molecule has 0 amide bonds. The first kappa shape index (κ1) is 22.5. The average Bonchev–Trinajstić information content (AvgIpc) is 2.69. The molecule has 0 aromatic heterocycles. The Balaban J connectivity index is 3.30. The van der Waals surface area contributed by atoms with Gasteiger partial charge in [0, 0.05) is 6.42 Å². The molecule has 0 heterocycles. The maximum Gasteiger partial charge on any atom is 0.185 e. The molecule has 1 rings (SSSR count). The summed E-state index contributed by atoms with van der Waals surface area (Å²) < 4.78 is 0. The van der Waals surface area contributed by atoms with Crippen molar-refractivity contribution in [2.75, 3.05) is 0 Å². The molecule has 5 heteroatoms. The van der Waals surface area contributed by atoms with Crippen LogP contribution in [0.15, 0.2) is 23.3 Å². The molecular formula is C21H32O5. The van der Waals surface area contributed by atoms with Gasteiger partial charge in [-0.05, 0) is 46.5 Å². The second-order valence-corrected chi connectivity index (χ2v) is 8.19. The molecule has 5 nitrogen and oxygen atoms in total. The molecule has 0 spiro atoms. The van der Waals surface area contributed by atoms with Crippen molar-refractivity contribution in [3.05, 3.63) is 23.3 Å². The number of hydrogen-bond donors (Lipinski definition) is 2. The monoisotopic (exact) mass is 364 g/mol. The molecular weight excluding hydrogens is 332 g/mol. The van der Waals surface area contributed by atoms with Crippen LogP contribution in [0.1, 0.15) is 60.8 Å². The first-order chi connectivity index (χ1) is 11.9. The van der Waals surface area contributed by atoms with E-state index in [4.69, 9.17) is 0 Å². The van der Waals surface area contributed by atoms with Crippen molar-refractivity contribution in [2.45, 2.75) is 72.5 Å². The van der Waals surface area contributed by atoms with Gasteiger partial charge >= 0.3 is 0 Å². The number of allylic oxidation sites excluding steroid dienone is 3. The molecule has 0 aromatic carbocycles. The first-order valence-electron chi connectivity index (χ1n) is 9.20. The third-order valence-electron chi connectivity index (χ3n) is 4.77. The Morgan fingerprint density at radius 2 is 1.65 bits per heavy atom. The van der Waals surface area contributed by atoms with Crippen molar-refractivity contribution in [1.29, 1.82) is 0 Å². The summed E-state index contributed by atoms with van der Waals surface area (Å²) in [6.07, 6.45) is 2.30. The molecule has 0 saturated heterocycles. The molecule has 1 saturated carbocycles. The fourth-order valence-corrected chi connectivity index (χ4v) is 3.35. The molecule has 0 bridgehead atoms. The van der Waals surface area contributed by atoms with E-state index in [1.54, 1.807) is 12.2 Å². The van der Waals surface area contributed by atoms with E-state index < -0.39 is 40.9 Å². The highest BCUT2D eigenvalue weighted by atomic mass is 16.4. The Labute approximate surface area is 156 Å². The number of carbonyl (C=O) groups excluding carboxylic acids is 3. The van der Waals surface area contributed by atoms with Gasteiger partial charge in [0.1, 0.15) is 5.92 Å². The van der Waals surface area contributed by atoms with Crippen molar-refractivity contribution in [3.63, 3.8) is 0 Å². The molecule has 1 aliphatic carbocycles. The van der Waals surface area contributed by atoms with Gasteiger partial charge in [0.15, 0.2) is 23.0 Å². The fourth-order valence-electron chi connectivity index (χ4n) is 3.35. The lowest BCUT2D eigenvalue weighted by Crippen LogP contribution is -2.52. The number of aliphatic hydroxyl groups is 2. The van der Waals surface area contributed by atoms with Gasteiger partial charge in [-0.25, -0.2) is 0 Å². The number of Topliss-reactive ketones (excluding diaryl/α,β-unsaturated/α-hetero) is 3. The molecule has 1 fully saturated rings. The van der Waals surface area contributed by atoms with Gasteiger partial charge in [-0.3, -0.25) is 14.4 Å². The van der Waals surface area contributed by atoms with E-state index in [1.165, 1.54) is 0 Å². The van der Waals surface area contributed by atoms with E-state index in [-0.39, 0.29) is 25.2 Å². The minimum atomic E-state index is -2.23. The predicted octanol–water partition coefficient (Wildman–Crippen LogP) is 2.79. The largest absolute Gasteiger partial charge is 0.389 e. The lowest BCUT2D eigenvalue weighted by Gasteiger charge is -2.31. The lowest BCUT2D eigenvalue weighted by molar-refractivity contribution is -0.155. The average molecular weight is 364 g/mol. The first-order valence-corrected chi connectivity index (χ1v) is 9.20. The summed E-state index contributed by atoms with van der Waals surface area (Å²) in [7, 11) is 0. The second-order valence-electron chi connectivity index (χ2n) is 8.19. The van der Waals surface area contributed by atoms with Crippen LogP contribution in [-0.2, 0) is 14.4 Å². The van der Waals surface area contributed by atoms with Crippen LogP contribution in [0.5, 0.6) is 0 Å². The summed E-state index contributed by atoms with van der Waals surface area (Å²) in [5.41, 5.74) is -0.368. The zero-order valence-corrected chi connectivity index (χ0v) is 16.7. The Hall–Kier alpha value is -1.59. The molecule has 0 radical (unpaired) electrons. The molecule has 0 aromatic rings. The quantitative estimate of drug-likeness (QED) is 0.510. The van der Waals surface area contributed by atoms with Gasteiger partial charge in [-0.15, -0.1) is 0 Å². The number of aliphatic hydroxyl groups excluding tert-OH is 1. The van der Waals surface area contributed by atoms with Crippen LogP contribution in [0.2, 0.25) is 0 Å². The van der Waals surface area contributed by atoms with Crippen molar-refractivity contribution in [2.24, 2.45) is 17.8 Å². The lowest BCUT2D eigenvalue weighted by atomic mass is 9.80. The van der Waals surface area contributed by atoms with E-state index in [0.29, 0.717) is 0 Å². The van der Waals surface area contributed by atoms with Crippen LogP contribution in [0.4, 0.5) is 0 Å². The molecule has 0 aliphatic heterocycles. The van der Waals surface area contributed by atoms with Crippen LogP contribution < -0.4 is 0 Å². The Kier molecular flexibility index (Phi) is 7.66. The van der Waals surface area contributed by atoms with Gasteiger partial charge in [0.05, 0.1) is 12.0 Å². The van der Waals surface area contributed by atoms with E-state index >= 15 is 0 Å². The van der Waals surface area contributed by atoms with Gasteiger partial charge in [-0.1, -0.05) is 37.1 Å². The van der Waals surface area contributed by atoms with Crippen LogP contribution in [-0.4, -0.2) is 39.3 Å². The summed E-state index contributed by atoms with van der Waals surface area (Å²) in [5, 5.41) is 21.7. The molecule has 2 N–H and O–H groups in total. The zero-order valence-electron chi connectivity index (χ0n) is 16.7. The summed E-state index contributed by atoms with van der Waals surface area (Å²) >= 11 is 0. The highest BCUT2D eigenvalue weighted by molar-refractivity contribution is 6.27. The molecule has 146 valence electrons. The van der Waals surface area contributed by atoms with Crippen molar-refractivity contribution >= 4 is 17.3 Å². The maximum atomic E-state index is 12.9. The Morgan fingerprint density at radius 1 is 1.12 bits per heavy atom. The summed E-state index contributed by atoms with van der Waals surface area (Å²) in [6.45, 7) is 11.0. The molecule has 4 atom stereocenters. The molecule has 26 heavy (non-hydrogen) atoms. The summed E-state index contributed by atoms with van der Waals surface area (Å²) in [4.78, 5) is 38.2. The second kappa shape index (κ2) is 8.87. The molecule has 1 aliphatic rings. The van der Waals surface area contributed by atoms with E-state index in [9.17, 15) is 24.6 Å². The fraction of sp³-hybridized carbons (Fsp3) is 0.667. The third kappa shape index (κ3) is 4.77. The van der Waals surface area contributed by atoms with Crippen molar-refractivity contribution in [3.8, 4) is 0 Å². The summed E-state index contributed by atoms with van der Waals surface area (Å²) in [6, 6.07) is 0. The highest BCUT2D eigenvalue weighted by Crippen LogP contribution is 2.41. The highest BCUT2D eigenvalue weighted by Gasteiger charge is 2.63. The van der Waals surface area contributed by atoms with Gasteiger partial charge in [0.25, 0.3) is 0 Å². The Morgan fingerprint density at radius 3 is 2.12 bits per heavy atom. The van der Waals surface area contributed by atoms with Crippen molar-refractivity contribution < 1.29 is 24.6 Å². The smallest absolute Gasteiger partial charge is 0.185 e.